The Morgan fingerprint density at radius 3 is 1.97 bits per heavy atom. The van der Waals surface area contributed by atoms with Crippen molar-refractivity contribution in [3.63, 3.8) is 0 Å². The van der Waals surface area contributed by atoms with Crippen LogP contribution in [0.5, 0.6) is 0 Å². The van der Waals surface area contributed by atoms with Gasteiger partial charge in [0.25, 0.3) is 0 Å². The molecule has 0 saturated heterocycles. The molecular formula is C24H26Cl2N6O. The van der Waals surface area contributed by atoms with Gasteiger partial charge in [-0.15, -0.1) is 0 Å². The Morgan fingerprint density at radius 1 is 0.788 bits per heavy atom. The summed E-state index contributed by atoms with van der Waals surface area (Å²) in [6.07, 6.45) is 3.55. The number of hydrogen-bond acceptors (Lipinski definition) is 7. The lowest BCUT2D eigenvalue weighted by Crippen LogP contribution is -2.37. The average Bonchev–Trinajstić information content (AvgIpc) is 2.80. The average molecular weight is 485 g/mol. The predicted octanol–water partition coefficient (Wildman–Crippen LogP) is 5.32. The number of fused-ring (bicyclic) bond motifs is 2. The third-order valence-electron chi connectivity index (χ3n) is 5.11. The lowest BCUT2D eigenvalue weighted by Gasteiger charge is -2.25. The summed E-state index contributed by atoms with van der Waals surface area (Å²) in [5.74, 6) is 0. The summed E-state index contributed by atoms with van der Waals surface area (Å²) in [5.41, 5.74) is 3.71. The van der Waals surface area contributed by atoms with Gasteiger partial charge in [-0.3, -0.25) is 19.8 Å². The molecule has 4 rings (SSSR count). The van der Waals surface area contributed by atoms with Crippen molar-refractivity contribution in [3.8, 4) is 0 Å². The van der Waals surface area contributed by atoms with Crippen LogP contribution in [-0.2, 0) is 4.74 Å². The van der Waals surface area contributed by atoms with Gasteiger partial charge in [-0.2, -0.15) is 0 Å². The predicted molar refractivity (Wildman–Crippen MR) is 137 cm³/mol. The first-order valence-electron chi connectivity index (χ1n) is 10.5. The van der Waals surface area contributed by atoms with Crippen LogP contribution in [0, 0.1) is 0 Å². The zero-order valence-electron chi connectivity index (χ0n) is 18.6. The molecule has 0 fully saturated rings. The van der Waals surface area contributed by atoms with E-state index in [0.29, 0.717) is 30.2 Å². The maximum absolute atomic E-state index is 6.08. The van der Waals surface area contributed by atoms with Gasteiger partial charge in [-0.25, -0.2) is 0 Å². The fourth-order valence-corrected chi connectivity index (χ4v) is 3.94. The van der Waals surface area contributed by atoms with E-state index >= 15 is 0 Å². The number of rotatable bonds is 10. The minimum Gasteiger partial charge on any atom is -0.372 e. The quantitative estimate of drug-likeness (QED) is 0.233. The molecule has 0 aliphatic carbocycles. The Balaban J connectivity index is 1.22. The lowest BCUT2D eigenvalue weighted by atomic mass is 10.2. The summed E-state index contributed by atoms with van der Waals surface area (Å²) in [6, 6.07) is 15.3. The Labute approximate surface area is 203 Å². The van der Waals surface area contributed by atoms with E-state index in [0.717, 1.165) is 39.8 Å². The van der Waals surface area contributed by atoms with Crippen molar-refractivity contribution in [2.24, 2.45) is 0 Å². The summed E-state index contributed by atoms with van der Waals surface area (Å²) in [7, 11) is 4.07. The molecule has 0 unspecified atom stereocenters. The first-order chi connectivity index (χ1) is 16.0. The van der Waals surface area contributed by atoms with Crippen LogP contribution in [0.3, 0.4) is 0 Å². The van der Waals surface area contributed by atoms with Crippen LogP contribution in [0.2, 0.25) is 10.0 Å². The largest absolute Gasteiger partial charge is 0.372 e. The Bertz CT molecular complexity index is 1240. The van der Waals surface area contributed by atoms with E-state index in [-0.39, 0.29) is 0 Å². The van der Waals surface area contributed by atoms with Crippen molar-refractivity contribution in [2.45, 2.75) is 0 Å². The Morgan fingerprint density at radius 2 is 1.36 bits per heavy atom. The highest BCUT2D eigenvalue weighted by atomic mass is 35.5. The van der Waals surface area contributed by atoms with Gasteiger partial charge in [-0.05, 0) is 62.6 Å². The smallest absolute Gasteiger partial charge is 0.118 e. The monoisotopic (exact) mass is 484 g/mol. The zero-order chi connectivity index (χ0) is 23.2. The summed E-state index contributed by atoms with van der Waals surface area (Å²) < 4.78 is 5.81. The van der Waals surface area contributed by atoms with Crippen LogP contribution in [-0.4, -0.2) is 60.7 Å². The second-order valence-electron chi connectivity index (χ2n) is 7.88. The molecule has 0 saturated carbocycles. The van der Waals surface area contributed by atoms with Gasteiger partial charge >= 0.3 is 0 Å². The minimum absolute atomic E-state index is 0.389. The molecule has 0 bridgehead atoms. The second-order valence-corrected chi connectivity index (χ2v) is 8.76. The molecule has 0 amide bonds. The van der Waals surface area contributed by atoms with E-state index in [4.69, 9.17) is 27.9 Å². The number of halogens is 2. The number of ether oxygens (including phenoxy) is 1. The molecular weight excluding hydrogens is 459 g/mol. The standard InChI is InChI=1S/C24H26Cl2N6O/c1-31(13-29-21-7-9-27-23-11-17(25)3-5-19(21)23)15-32(2)16-33-14-30-22-8-10-28-24-12-18(26)4-6-20(22)24/h3-12H,13-16H2,1-2H3,(H,27,29)(H,28,30). The Kier molecular flexibility index (Phi) is 7.80. The van der Waals surface area contributed by atoms with Crippen molar-refractivity contribution in [1.82, 2.24) is 19.8 Å². The summed E-state index contributed by atoms with van der Waals surface area (Å²) in [5, 5.41) is 10.2. The van der Waals surface area contributed by atoms with Crippen LogP contribution < -0.4 is 10.6 Å². The van der Waals surface area contributed by atoms with Gasteiger partial charge in [0.2, 0.25) is 0 Å². The molecule has 0 spiro atoms. The van der Waals surface area contributed by atoms with E-state index in [2.05, 4.69) is 37.4 Å². The van der Waals surface area contributed by atoms with Crippen LogP contribution in [0.15, 0.2) is 60.9 Å². The van der Waals surface area contributed by atoms with Crippen LogP contribution in [0.1, 0.15) is 0 Å². The van der Waals surface area contributed by atoms with E-state index in [1.54, 1.807) is 12.4 Å². The molecule has 7 nitrogen and oxygen atoms in total. The molecule has 2 heterocycles. The summed E-state index contributed by atoms with van der Waals surface area (Å²) in [6.45, 7) is 2.29. The van der Waals surface area contributed by atoms with Crippen LogP contribution in [0.4, 0.5) is 11.4 Å². The fourth-order valence-electron chi connectivity index (χ4n) is 3.60. The zero-order valence-corrected chi connectivity index (χ0v) is 20.1. The number of anilines is 2. The number of nitrogens with zero attached hydrogens (tertiary/aromatic N) is 4. The molecule has 2 aromatic carbocycles. The number of hydrogen-bond donors (Lipinski definition) is 2. The van der Waals surface area contributed by atoms with Crippen molar-refractivity contribution in [2.75, 3.05) is 51.5 Å². The molecule has 2 aromatic heterocycles. The maximum Gasteiger partial charge on any atom is 0.118 e. The number of pyridine rings is 2. The number of aromatic nitrogens is 2. The molecule has 0 aliphatic heterocycles. The summed E-state index contributed by atoms with van der Waals surface area (Å²) in [4.78, 5) is 13.0. The second kappa shape index (κ2) is 11.0. The third kappa shape index (κ3) is 6.22. The lowest BCUT2D eigenvalue weighted by molar-refractivity contribution is 0.0281. The van der Waals surface area contributed by atoms with Gasteiger partial charge in [0.05, 0.1) is 24.4 Å². The fraction of sp³-hybridized carbons (Fsp3) is 0.250. The number of nitrogens with one attached hydrogen (secondary N) is 2. The van der Waals surface area contributed by atoms with Crippen molar-refractivity contribution in [1.29, 1.82) is 0 Å². The van der Waals surface area contributed by atoms with Crippen molar-refractivity contribution < 1.29 is 4.74 Å². The molecule has 33 heavy (non-hydrogen) atoms. The molecule has 2 N–H and O–H groups in total. The number of benzene rings is 2. The highest BCUT2D eigenvalue weighted by Crippen LogP contribution is 2.25. The van der Waals surface area contributed by atoms with Gasteiger partial charge in [-0.1, -0.05) is 23.2 Å². The molecule has 0 radical (unpaired) electrons. The van der Waals surface area contributed by atoms with E-state index in [1.807, 2.05) is 55.6 Å². The molecule has 9 heteroatoms. The van der Waals surface area contributed by atoms with Crippen LogP contribution in [0.25, 0.3) is 21.8 Å². The van der Waals surface area contributed by atoms with Crippen molar-refractivity contribution >= 4 is 56.4 Å². The maximum atomic E-state index is 6.08. The van der Waals surface area contributed by atoms with Gasteiger partial charge < -0.3 is 15.4 Å². The summed E-state index contributed by atoms with van der Waals surface area (Å²) >= 11 is 12.1. The SMILES string of the molecule is CN(CNc1ccnc2cc(Cl)ccc12)CN(C)COCNc1ccnc2cc(Cl)ccc12. The minimum atomic E-state index is 0.389. The van der Waals surface area contributed by atoms with E-state index in [1.165, 1.54) is 0 Å². The van der Waals surface area contributed by atoms with E-state index < -0.39 is 0 Å². The molecule has 0 aliphatic rings. The van der Waals surface area contributed by atoms with E-state index in [9.17, 15) is 0 Å². The third-order valence-corrected chi connectivity index (χ3v) is 5.58. The first kappa shape index (κ1) is 23.5. The van der Waals surface area contributed by atoms with Gasteiger partial charge in [0, 0.05) is 44.6 Å². The van der Waals surface area contributed by atoms with Gasteiger partial charge in [0.1, 0.15) is 13.5 Å². The molecule has 0 atom stereocenters. The van der Waals surface area contributed by atoms with Crippen molar-refractivity contribution in [3.05, 3.63) is 71.0 Å². The first-order valence-corrected chi connectivity index (χ1v) is 11.3. The highest BCUT2D eigenvalue weighted by molar-refractivity contribution is 6.31. The topological polar surface area (TPSA) is 65.5 Å². The highest BCUT2D eigenvalue weighted by Gasteiger charge is 2.07. The normalized spacial score (nSPS) is 11.6. The molecule has 4 aromatic rings. The Hall–Kier alpha value is -2.68. The van der Waals surface area contributed by atoms with Gasteiger partial charge in [0.15, 0.2) is 0 Å². The van der Waals surface area contributed by atoms with Crippen LogP contribution >= 0.6 is 23.2 Å². The molecule has 172 valence electrons.